The van der Waals surface area contributed by atoms with Crippen molar-refractivity contribution in [1.82, 2.24) is 0 Å². The van der Waals surface area contributed by atoms with Crippen LogP contribution in [0.15, 0.2) is 36.4 Å². The van der Waals surface area contributed by atoms with E-state index < -0.39 is 0 Å². The van der Waals surface area contributed by atoms with Gasteiger partial charge in [0.2, 0.25) is 0 Å². The molecule has 2 aromatic rings. The number of para-hydroxylation sites is 1. The second-order valence-corrected chi connectivity index (χ2v) is 7.01. The summed E-state index contributed by atoms with van der Waals surface area (Å²) in [6.07, 6.45) is 0. The number of phenolic OH excluding ortho intramolecular Hbond substituents is 1. The number of hydrogen-bond acceptors (Lipinski definition) is 1. The van der Waals surface area contributed by atoms with Crippen LogP contribution in [-0.2, 0) is 0 Å². The molecule has 22 heavy (non-hydrogen) atoms. The molecule has 2 rings (SSSR count). The lowest BCUT2D eigenvalue weighted by Crippen LogP contribution is -2.07. The predicted molar refractivity (Wildman–Crippen MR) is 95.8 cm³/mol. The Morgan fingerprint density at radius 1 is 0.636 bits per heavy atom. The molecule has 0 aliphatic rings. The number of hydrogen-bond donors (Lipinski definition) is 1. The molecule has 0 aliphatic carbocycles. The number of benzene rings is 2. The first kappa shape index (κ1) is 16.6. The molecule has 0 aliphatic heterocycles. The topological polar surface area (TPSA) is 20.2 Å². The Kier molecular flexibility index (Phi) is 4.95. The Bertz CT molecular complexity index is 651. The second kappa shape index (κ2) is 6.56. The van der Waals surface area contributed by atoms with Crippen molar-refractivity contribution in [2.45, 2.75) is 59.3 Å². The van der Waals surface area contributed by atoms with E-state index in [4.69, 9.17) is 0 Å². The molecule has 1 nitrogen and oxygen atoms in total. The third kappa shape index (κ3) is 3.04. The number of aromatic hydroxyl groups is 1. The summed E-state index contributed by atoms with van der Waals surface area (Å²) < 4.78 is 0. The van der Waals surface area contributed by atoms with E-state index in [1.807, 2.05) is 18.2 Å². The van der Waals surface area contributed by atoms with E-state index >= 15 is 0 Å². The van der Waals surface area contributed by atoms with E-state index in [-0.39, 0.29) is 0 Å². The van der Waals surface area contributed by atoms with Crippen LogP contribution in [0.3, 0.4) is 0 Å². The maximum absolute atomic E-state index is 10.3. The van der Waals surface area contributed by atoms with Crippen molar-refractivity contribution in [3.05, 3.63) is 53.1 Å². The third-order valence-electron chi connectivity index (χ3n) is 4.29. The summed E-state index contributed by atoms with van der Waals surface area (Å²) in [4.78, 5) is 0. The van der Waals surface area contributed by atoms with E-state index in [0.717, 1.165) is 5.56 Å². The standard InChI is InChI=1S/C21H28O/c1-13(2)16-11-12-18(17-9-7-8-10-19(17)22)21(15(5)6)20(16)14(3)4/h7-15,22H,1-6H3. The second-order valence-electron chi connectivity index (χ2n) is 7.01. The minimum atomic E-state index is 0.358. The maximum atomic E-state index is 10.3. The molecular weight excluding hydrogens is 268 g/mol. The summed E-state index contributed by atoms with van der Waals surface area (Å²) in [7, 11) is 0. The van der Waals surface area contributed by atoms with E-state index in [1.54, 1.807) is 6.07 Å². The fraction of sp³-hybridized carbons (Fsp3) is 0.429. The molecule has 2 aromatic carbocycles. The van der Waals surface area contributed by atoms with Crippen molar-refractivity contribution in [3.8, 4) is 16.9 Å². The van der Waals surface area contributed by atoms with E-state index in [9.17, 15) is 5.11 Å². The Balaban J connectivity index is 2.82. The van der Waals surface area contributed by atoms with Crippen LogP contribution < -0.4 is 0 Å². The van der Waals surface area contributed by atoms with Gasteiger partial charge in [-0.15, -0.1) is 0 Å². The van der Waals surface area contributed by atoms with Crippen LogP contribution in [0.2, 0.25) is 0 Å². The minimum Gasteiger partial charge on any atom is -0.507 e. The van der Waals surface area contributed by atoms with Gasteiger partial charge >= 0.3 is 0 Å². The molecule has 0 radical (unpaired) electrons. The molecule has 0 heterocycles. The van der Waals surface area contributed by atoms with Crippen molar-refractivity contribution >= 4 is 0 Å². The van der Waals surface area contributed by atoms with Gasteiger partial charge in [0.15, 0.2) is 0 Å². The monoisotopic (exact) mass is 296 g/mol. The van der Waals surface area contributed by atoms with Gasteiger partial charge < -0.3 is 5.11 Å². The van der Waals surface area contributed by atoms with Crippen LogP contribution >= 0.6 is 0 Å². The first-order valence-electron chi connectivity index (χ1n) is 8.29. The molecule has 0 bridgehead atoms. The first-order chi connectivity index (χ1) is 10.3. The van der Waals surface area contributed by atoms with Gasteiger partial charge in [-0.05, 0) is 46.1 Å². The average molecular weight is 296 g/mol. The van der Waals surface area contributed by atoms with Gasteiger partial charge in [-0.2, -0.15) is 0 Å². The van der Waals surface area contributed by atoms with Crippen molar-refractivity contribution in [2.75, 3.05) is 0 Å². The molecule has 0 spiro atoms. The summed E-state index contributed by atoms with van der Waals surface area (Å²) in [5.41, 5.74) is 6.36. The highest BCUT2D eigenvalue weighted by Gasteiger charge is 2.21. The maximum Gasteiger partial charge on any atom is 0.123 e. The highest BCUT2D eigenvalue weighted by molar-refractivity contribution is 5.75. The smallest absolute Gasteiger partial charge is 0.123 e. The highest BCUT2D eigenvalue weighted by Crippen LogP contribution is 2.41. The third-order valence-corrected chi connectivity index (χ3v) is 4.29. The SMILES string of the molecule is CC(C)c1ccc(-c2ccccc2O)c(C(C)C)c1C(C)C. The fourth-order valence-corrected chi connectivity index (χ4v) is 3.36. The number of rotatable bonds is 4. The first-order valence-corrected chi connectivity index (χ1v) is 8.29. The molecule has 0 aromatic heterocycles. The lowest BCUT2D eigenvalue weighted by molar-refractivity contribution is 0.477. The minimum absolute atomic E-state index is 0.358. The van der Waals surface area contributed by atoms with Crippen LogP contribution in [0, 0.1) is 0 Å². The number of phenols is 1. The van der Waals surface area contributed by atoms with E-state index in [1.165, 1.54) is 22.3 Å². The van der Waals surface area contributed by atoms with E-state index in [2.05, 4.69) is 53.7 Å². The molecular formula is C21H28O. The molecule has 118 valence electrons. The van der Waals surface area contributed by atoms with Gasteiger partial charge in [-0.1, -0.05) is 71.9 Å². The Hall–Kier alpha value is -1.76. The zero-order valence-corrected chi connectivity index (χ0v) is 14.6. The largest absolute Gasteiger partial charge is 0.507 e. The van der Waals surface area contributed by atoms with Crippen LogP contribution in [-0.4, -0.2) is 5.11 Å². The van der Waals surface area contributed by atoms with Gasteiger partial charge in [-0.25, -0.2) is 0 Å². The van der Waals surface area contributed by atoms with Crippen LogP contribution in [0.25, 0.3) is 11.1 Å². The van der Waals surface area contributed by atoms with Crippen molar-refractivity contribution < 1.29 is 5.11 Å². The summed E-state index contributed by atoms with van der Waals surface area (Å²) in [6.45, 7) is 13.5. The summed E-state index contributed by atoms with van der Waals surface area (Å²) >= 11 is 0. The molecule has 1 heteroatoms. The van der Waals surface area contributed by atoms with E-state index in [0.29, 0.717) is 23.5 Å². The fourth-order valence-electron chi connectivity index (χ4n) is 3.36. The van der Waals surface area contributed by atoms with Gasteiger partial charge in [0.05, 0.1) is 0 Å². The predicted octanol–water partition coefficient (Wildman–Crippen LogP) is 6.43. The summed E-state index contributed by atoms with van der Waals surface area (Å²) in [6, 6.07) is 12.1. The zero-order valence-electron chi connectivity index (χ0n) is 14.6. The Morgan fingerprint density at radius 3 is 1.73 bits per heavy atom. The van der Waals surface area contributed by atoms with Gasteiger partial charge in [0.25, 0.3) is 0 Å². The van der Waals surface area contributed by atoms with Crippen molar-refractivity contribution in [1.29, 1.82) is 0 Å². The Labute approximate surface area is 135 Å². The van der Waals surface area contributed by atoms with Gasteiger partial charge in [0, 0.05) is 5.56 Å². The molecule has 0 fully saturated rings. The zero-order chi connectivity index (χ0) is 16.4. The van der Waals surface area contributed by atoms with Crippen molar-refractivity contribution in [2.24, 2.45) is 0 Å². The van der Waals surface area contributed by atoms with Crippen molar-refractivity contribution in [3.63, 3.8) is 0 Å². The molecule has 0 saturated carbocycles. The normalized spacial score (nSPS) is 11.7. The van der Waals surface area contributed by atoms with Gasteiger partial charge in [-0.3, -0.25) is 0 Å². The molecule has 0 amide bonds. The molecule has 0 unspecified atom stereocenters. The average Bonchev–Trinajstić information content (AvgIpc) is 2.45. The van der Waals surface area contributed by atoms with Crippen LogP contribution in [0.1, 0.15) is 76.0 Å². The van der Waals surface area contributed by atoms with Gasteiger partial charge in [0.1, 0.15) is 5.75 Å². The lowest BCUT2D eigenvalue weighted by atomic mass is 9.79. The highest BCUT2D eigenvalue weighted by atomic mass is 16.3. The summed E-state index contributed by atoms with van der Waals surface area (Å²) in [5, 5.41) is 10.3. The summed E-state index contributed by atoms with van der Waals surface area (Å²) in [5.74, 6) is 1.76. The molecule has 0 saturated heterocycles. The van der Waals surface area contributed by atoms with Crippen LogP contribution in [0.4, 0.5) is 0 Å². The Morgan fingerprint density at radius 2 is 1.23 bits per heavy atom. The van der Waals surface area contributed by atoms with Crippen LogP contribution in [0.5, 0.6) is 5.75 Å². The lowest BCUT2D eigenvalue weighted by Gasteiger charge is -2.26. The molecule has 1 N–H and O–H groups in total. The quantitative estimate of drug-likeness (QED) is 0.689. The molecule has 0 atom stereocenters.